The predicted molar refractivity (Wildman–Crippen MR) is 86.6 cm³/mol. The average Bonchev–Trinajstić information content (AvgIpc) is 2.91. The van der Waals surface area contributed by atoms with Crippen molar-refractivity contribution in [1.29, 1.82) is 0 Å². The number of hydrogen-bond donors (Lipinski definition) is 0. The van der Waals surface area contributed by atoms with Crippen molar-refractivity contribution in [1.82, 2.24) is 4.90 Å². The number of benzene rings is 1. The molecule has 1 amide bonds. The molecule has 1 aromatic carbocycles. The highest BCUT2D eigenvalue weighted by Gasteiger charge is 2.45. The smallest absolute Gasteiger partial charge is 0.269 e. The lowest BCUT2D eigenvalue weighted by molar-refractivity contribution is -0.152. The van der Waals surface area contributed by atoms with E-state index in [1.165, 1.54) is 0 Å². The SMILES string of the molecule is CC1(C(=O)N2CCS(=O)CC2)CC(c2ccccc2Cl)=NO1. The summed E-state index contributed by atoms with van der Waals surface area (Å²) in [6.07, 6.45) is 0.384. The first-order valence-corrected chi connectivity index (χ1v) is 9.00. The number of nitrogens with zero attached hydrogens (tertiary/aromatic N) is 2. The number of halogens is 1. The normalized spacial score (nSPS) is 25.7. The Morgan fingerprint density at radius 1 is 1.36 bits per heavy atom. The summed E-state index contributed by atoms with van der Waals surface area (Å²) >= 11 is 6.18. The number of amides is 1. The zero-order valence-electron chi connectivity index (χ0n) is 12.3. The fourth-order valence-electron chi connectivity index (χ4n) is 2.67. The average molecular weight is 341 g/mol. The maximum absolute atomic E-state index is 12.7. The van der Waals surface area contributed by atoms with Gasteiger partial charge in [0.05, 0.1) is 5.71 Å². The van der Waals surface area contributed by atoms with Gasteiger partial charge < -0.3 is 9.74 Å². The third kappa shape index (κ3) is 2.90. The summed E-state index contributed by atoms with van der Waals surface area (Å²) in [6.45, 7) is 2.76. The van der Waals surface area contributed by atoms with Crippen LogP contribution < -0.4 is 0 Å². The van der Waals surface area contributed by atoms with Crippen LogP contribution in [0.15, 0.2) is 29.4 Å². The van der Waals surface area contributed by atoms with Crippen molar-refractivity contribution in [2.45, 2.75) is 18.9 Å². The Morgan fingerprint density at radius 3 is 2.73 bits per heavy atom. The molecular formula is C15H17ClN2O3S. The van der Waals surface area contributed by atoms with Crippen molar-refractivity contribution in [3.05, 3.63) is 34.9 Å². The van der Waals surface area contributed by atoms with Gasteiger partial charge in [-0.1, -0.05) is 35.0 Å². The fourth-order valence-corrected chi connectivity index (χ4v) is 3.97. The van der Waals surface area contributed by atoms with Gasteiger partial charge in [-0.3, -0.25) is 9.00 Å². The van der Waals surface area contributed by atoms with Crippen molar-refractivity contribution in [3.8, 4) is 0 Å². The highest BCUT2D eigenvalue weighted by Crippen LogP contribution is 2.31. The highest BCUT2D eigenvalue weighted by atomic mass is 35.5. The van der Waals surface area contributed by atoms with E-state index in [4.69, 9.17) is 16.4 Å². The minimum absolute atomic E-state index is 0.102. The topological polar surface area (TPSA) is 59.0 Å². The Balaban J connectivity index is 1.73. The maximum Gasteiger partial charge on any atom is 0.269 e. The van der Waals surface area contributed by atoms with Crippen molar-refractivity contribution in [2.24, 2.45) is 5.16 Å². The fraction of sp³-hybridized carbons (Fsp3) is 0.467. The second-order valence-electron chi connectivity index (χ2n) is 5.66. The Hall–Kier alpha value is -1.40. The number of carbonyl (C=O) groups is 1. The van der Waals surface area contributed by atoms with Gasteiger partial charge in [-0.05, 0) is 13.0 Å². The zero-order valence-corrected chi connectivity index (χ0v) is 13.8. The molecule has 118 valence electrons. The third-order valence-electron chi connectivity index (χ3n) is 3.96. The third-order valence-corrected chi connectivity index (χ3v) is 5.57. The predicted octanol–water partition coefficient (Wildman–Crippen LogP) is 1.81. The zero-order chi connectivity index (χ0) is 15.7. The van der Waals surface area contributed by atoms with Gasteiger partial charge in [0.15, 0.2) is 0 Å². The molecule has 1 fully saturated rings. The van der Waals surface area contributed by atoms with E-state index in [1.807, 2.05) is 18.2 Å². The first kappa shape index (κ1) is 15.5. The second kappa shape index (κ2) is 6.01. The summed E-state index contributed by atoms with van der Waals surface area (Å²) < 4.78 is 11.4. The summed E-state index contributed by atoms with van der Waals surface area (Å²) in [6, 6.07) is 7.38. The van der Waals surface area contributed by atoms with Crippen molar-refractivity contribution in [2.75, 3.05) is 24.6 Å². The monoisotopic (exact) mass is 340 g/mol. The van der Waals surface area contributed by atoms with E-state index >= 15 is 0 Å². The summed E-state index contributed by atoms with van der Waals surface area (Å²) in [4.78, 5) is 19.9. The molecule has 2 heterocycles. The lowest BCUT2D eigenvalue weighted by atomic mass is 9.94. The van der Waals surface area contributed by atoms with Gasteiger partial charge in [0.25, 0.3) is 5.91 Å². The van der Waals surface area contributed by atoms with Crippen LogP contribution in [0.1, 0.15) is 18.9 Å². The van der Waals surface area contributed by atoms with Crippen LogP contribution in [0.3, 0.4) is 0 Å². The van der Waals surface area contributed by atoms with Gasteiger partial charge in [0.2, 0.25) is 5.60 Å². The lowest BCUT2D eigenvalue weighted by Crippen LogP contribution is -2.51. The number of rotatable bonds is 2. The van der Waals surface area contributed by atoms with E-state index in [1.54, 1.807) is 17.9 Å². The summed E-state index contributed by atoms with van der Waals surface area (Å²) in [7, 11) is -0.813. The number of oxime groups is 1. The first-order valence-electron chi connectivity index (χ1n) is 7.14. The second-order valence-corrected chi connectivity index (χ2v) is 7.76. The molecule has 0 saturated carbocycles. The van der Waals surface area contributed by atoms with Crippen LogP contribution in [-0.2, 0) is 20.4 Å². The van der Waals surface area contributed by atoms with Gasteiger partial charge >= 0.3 is 0 Å². The van der Waals surface area contributed by atoms with Crippen LogP contribution in [0.25, 0.3) is 0 Å². The Labute approximate surface area is 136 Å². The molecule has 2 aliphatic rings. The maximum atomic E-state index is 12.7. The molecule has 0 aromatic heterocycles. The molecule has 0 spiro atoms. The lowest BCUT2D eigenvalue weighted by Gasteiger charge is -2.32. The van der Waals surface area contributed by atoms with Crippen LogP contribution >= 0.6 is 11.6 Å². The van der Waals surface area contributed by atoms with Crippen LogP contribution in [-0.4, -0.2) is 50.9 Å². The number of hydrogen-bond acceptors (Lipinski definition) is 4. The van der Waals surface area contributed by atoms with Crippen LogP contribution in [0, 0.1) is 0 Å². The minimum atomic E-state index is -1.01. The summed E-state index contributed by atoms with van der Waals surface area (Å²) in [5.74, 6) is 0.954. The molecule has 0 radical (unpaired) electrons. The van der Waals surface area contributed by atoms with E-state index in [2.05, 4.69) is 5.16 Å². The van der Waals surface area contributed by atoms with Crippen molar-refractivity contribution < 1.29 is 13.8 Å². The van der Waals surface area contributed by atoms with Crippen molar-refractivity contribution >= 4 is 34.0 Å². The molecule has 1 atom stereocenters. The molecule has 5 nitrogen and oxygen atoms in total. The van der Waals surface area contributed by atoms with Gasteiger partial charge in [0.1, 0.15) is 0 Å². The van der Waals surface area contributed by atoms with Crippen LogP contribution in [0.4, 0.5) is 0 Å². The highest BCUT2D eigenvalue weighted by molar-refractivity contribution is 7.85. The first-order chi connectivity index (χ1) is 10.5. The van der Waals surface area contributed by atoms with E-state index in [0.29, 0.717) is 41.8 Å². The van der Waals surface area contributed by atoms with E-state index in [-0.39, 0.29) is 5.91 Å². The van der Waals surface area contributed by atoms with Gasteiger partial charge in [-0.2, -0.15) is 0 Å². The number of carbonyl (C=O) groups excluding carboxylic acids is 1. The van der Waals surface area contributed by atoms with Crippen LogP contribution in [0.2, 0.25) is 5.02 Å². The summed E-state index contributed by atoms with van der Waals surface area (Å²) in [5, 5.41) is 4.67. The molecule has 1 unspecified atom stereocenters. The minimum Gasteiger partial charge on any atom is -0.379 e. The Morgan fingerprint density at radius 2 is 2.05 bits per heavy atom. The standard InChI is InChI=1S/C15H17ClN2O3S/c1-15(14(19)18-6-8-22(20)9-7-18)10-13(17-21-15)11-4-2-3-5-12(11)16/h2-5H,6-10H2,1H3. The molecule has 7 heteroatoms. The van der Waals surface area contributed by atoms with Gasteiger partial charge in [-0.25, -0.2) is 0 Å². The van der Waals surface area contributed by atoms with Gasteiger partial charge in [-0.15, -0.1) is 0 Å². The van der Waals surface area contributed by atoms with Crippen LogP contribution in [0.5, 0.6) is 0 Å². The van der Waals surface area contributed by atoms with E-state index < -0.39 is 16.4 Å². The molecule has 0 bridgehead atoms. The molecule has 0 aliphatic carbocycles. The van der Waals surface area contributed by atoms with E-state index in [9.17, 15) is 9.00 Å². The largest absolute Gasteiger partial charge is 0.379 e. The molecular weight excluding hydrogens is 324 g/mol. The molecule has 1 aromatic rings. The molecule has 0 N–H and O–H groups in total. The van der Waals surface area contributed by atoms with Crippen molar-refractivity contribution in [3.63, 3.8) is 0 Å². The van der Waals surface area contributed by atoms with E-state index in [0.717, 1.165) is 5.56 Å². The Kier molecular flexibility index (Phi) is 4.23. The Bertz CT molecular complexity index is 654. The van der Waals surface area contributed by atoms with Gasteiger partial charge in [0, 0.05) is 52.4 Å². The summed E-state index contributed by atoms with van der Waals surface area (Å²) in [5.41, 5.74) is 0.468. The molecule has 3 rings (SSSR count). The molecule has 1 saturated heterocycles. The molecule has 2 aliphatic heterocycles. The quantitative estimate of drug-likeness (QED) is 0.825. The molecule has 22 heavy (non-hydrogen) atoms.